The van der Waals surface area contributed by atoms with Gasteiger partial charge in [-0.05, 0) is 37.4 Å². The molecule has 4 N–H and O–H groups in total. The zero-order chi connectivity index (χ0) is 11.3. The Morgan fingerprint density at radius 1 is 1.40 bits per heavy atom. The molecular weight excluding hydrogens is 190 g/mol. The lowest BCUT2D eigenvalue weighted by Gasteiger charge is -2.31. The van der Waals surface area contributed by atoms with E-state index in [4.69, 9.17) is 11.5 Å². The molecule has 0 aromatic rings. The summed E-state index contributed by atoms with van der Waals surface area (Å²) < 4.78 is 0. The quantitative estimate of drug-likeness (QED) is 0.633. The van der Waals surface area contributed by atoms with Gasteiger partial charge in [0.15, 0.2) is 0 Å². The average Bonchev–Trinajstić information content (AvgIpc) is 2.20. The summed E-state index contributed by atoms with van der Waals surface area (Å²) in [4.78, 5) is 13.1. The second-order valence-electron chi connectivity index (χ2n) is 4.34. The van der Waals surface area contributed by atoms with Crippen LogP contribution >= 0.6 is 0 Å². The summed E-state index contributed by atoms with van der Waals surface area (Å²) in [5.74, 6) is 0.296. The van der Waals surface area contributed by atoms with Crippen LogP contribution in [0.3, 0.4) is 0 Å². The van der Waals surface area contributed by atoms with Gasteiger partial charge >= 0.3 is 0 Å². The van der Waals surface area contributed by atoms with Crippen molar-refractivity contribution >= 4 is 5.91 Å². The minimum atomic E-state index is -0.181. The topological polar surface area (TPSA) is 72.3 Å². The summed E-state index contributed by atoms with van der Waals surface area (Å²) in [5, 5.41) is 0. The van der Waals surface area contributed by atoms with Gasteiger partial charge in [0.25, 0.3) is 0 Å². The molecule has 1 fully saturated rings. The predicted octanol–water partition coefficient (Wildman–Crippen LogP) is 0.0887. The van der Waals surface area contributed by atoms with Crippen molar-refractivity contribution in [2.75, 3.05) is 26.2 Å². The second-order valence-corrected chi connectivity index (χ2v) is 4.34. The highest BCUT2D eigenvalue weighted by atomic mass is 16.1. The molecule has 1 amide bonds. The van der Waals surface area contributed by atoms with Crippen LogP contribution in [0.1, 0.15) is 19.3 Å². The van der Waals surface area contributed by atoms with Gasteiger partial charge in [0, 0.05) is 19.5 Å². The highest BCUT2D eigenvalue weighted by molar-refractivity contribution is 5.73. The summed E-state index contributed by atoms with van der Waals surface area (Å²) in [6.07, 6.45) is 2.65. The first kappa shape index (κ1) is 12.2. The molecule has 0 radical (unpaired) electrons. The third-order valence-electron chi connectivity index (χ3n) is 2.93. The summed E-state index contributed by atoms with van der Waals surface area (Å²) >= 11 is 0. The Hall–Kier alpha value is -0.870. The molecular formula is C11H21N3O. The molecule has 1 aliphatic rings. The van der Waals surface area contributed by atoms with Crippen molar-refractivity contribution in [2.45, 2.75) is 19.3 Å². The highest BCUT2D eigenvalue weighted by Crippen LogP contribution is 2.20. The van der Waals surface area contributed by atoms with E-state index in [1.54, 1.807) is 0 Å². The van der Waals surface area contributed by atoms with E-state index in [-0.39, 0.29) is 5.91 Å². The van der Waals surface area contributed by atoms with Gasteiger partial charge in [0.05, 0.1) is 0 Å². The third-order valence-corrected chi connectivity index (χ3v) is 2.93. The molecule has 4 nitrogen and oxygen atoms in total. The molecule has 0 spiro atoms. The smallest absolute Gasteiger partial charge is 0.217 e. The number of carbonyl (C=O) groups is 1. The van der Waals surface area contributed by atoms with E-state index in [1.165, 1.54) is 0 Å². The van der Waals surface area contributed by atoms with Crippen molar-refractivity contribution in [2.24, 2.45) is 17.4 Å². The molecule has 1 aliphatic heterocycles. The Morgan fingerprint density at radius 3 is 2.47 bits per heavy atom. The lowest BCUT2D eigenvalue weighted by atomic mass is 9.93. The fraction of sp³-hybridized carbons (Fsp3) is 0.727. The number of hydrogen-bond acceptors (Lipinski definition) is 3. The van der Waals surface area contributed by atoms with Gasteiger partial charge in [0.2, 0.25) is 5.91 Å². The zero-order valence-electron chi connectivity index (χ0n) is 9.24. The fourth-order valence-corrected chi connectivity index (χ4v) is 2.01. The first-order chi connectivity index (χ1) is 7.11. The molecule has 4 heteroatoms. The maximum Gasteiger partial charge on any atom is 0.217 e. The molecule has 86 valence electrons. The number of rotatable bonds is 5. The molecule has 0 saturated carbocycles. The number of hydrogen-bond donors (Lipinski definition) is 2. The summed E-state index contributed by atoms with van der Waals surface area (Å²) in [6, 6.07) is 0. The molecule has 1 heterocycles. The SMILES string of the molecule is C=C(CN)CN1CCC(CC(N)=O)CC1. The molecule has 1 saturated heterocycles. The number of carbonyl (C=O) groups excluding carboxylic acids is 1. The van der Waals surface area contributed by atoms with Crippen LogP contribution in [0.5, 0.6) is 0 Å². The minimum Gasteiger partial charge on any atom is -0.370 e. The molecule has 0 aromatic carbocycles. The van der Waals surface area contributed by atoms with E-state index >= 15 is 0 Å². The van der Waals surface area contributed by atoms with Crippen LogP contribution in [0.4, 0.5) is 0 Å². The van der Waals surface area contributed by atoms with Crippen molar-refractivity contribution in [3.8, 4) is 0 Å². The fourth-order valence-electron chi connectivity index (χ4n) is 2.01. The lowest BCUT2D eigenvalue weighted by Crippen LogP contribution is -2.36. The molecule has 0 aromatic heterocycles. The van der Waals surface area contributed by atoms with Gasteiger partial charge in [-0.2, -0.15) is 0 Å². The number of piperidine rings is 1. The maximum absolute atomic E-state index is 10.8. The number of nitrogens with zero attached hydrogens (tertiary/aromatic N) is 1. The molecule has 0 atom stereocenters. The van der Waals surface area contributed by atoms with Crippen LogP contribution in [0.25, 0.3) is 0 Å². The molecule has 0 aliphatic carbocycles. The monoisotopic (exact) mass is 211 g/mol. The predicted molar refractivity (Wildman–Crippen MR) is 61.2 cm³/mol. The van der Waals surface area contributed by atoms with Crippen LogP contribution in [0, 0.1) is 5.92 Å². The van der Waals surface area contributed by atoms with Crippen molar-refractivity contribution in [3.05, 3.63) is 12.2 Å². The third kappa shape index (κ3) is 4.44. The minimum absolute atomic E-state index is 0.181. The van der Waals surface area contributed by atoms with Gasteiger partial charge in [-0.15, -0.1) is 0 Å². The number of primary amides is 1. The number of nitrogens with two attached hydrogens (primary N) is 2. The van der Waals surface area contributed by atoms with Crippen molar-refractivity contribution in [3.63, 3.8) is 0 Å². The van der Waals surface area contributed by atoms with Gasteiger partial charge in [-0.3, -0.25) is 9.69 Å². The van der Waals surface area contributed by atoms with Gasteiger partial charge in [-0.1, -0.05) is 6.58 Å². The van der Waals surface area contributed by atoms with Gasteiger partial charge in [-0.25, -0.2) is 0 Å². The lowest BCUT2D eigenvalue weighted by molar-refractivity contribution is -0.119. The number of amides is 1. The van der Waals surface area contributed by atoms with E-state index in [1.807, 2.05) is 0 Å². The van der Waals surface area contributed by atoms with Crippen molar-refractivity contribution in [1.82, 2.24) is 4.90 Å². The number of likely N-dealkylation sites (tertiary alicyclic amines) is 1. The Morgan fingerprint density at radius 2 is 2.00 bits per heavy atom. The van der Waals surface area contributed by atoms with E-state index in [0.717, 1.165) is 38.0 Å². The van der Waals surface area contributed by atoms with Crippen molar-refractivity contribution in [1.29, 1.82) is 0 Å². The highest BCUT2D eigenvalue weighted by Gasteiger charge is 2.20. The zero-order valence-corrected chi connectivity index (χ0v) is 9.24. The molecule has 15 heavy (non-hydrogen) atoms. The van der Waals surface area contributed by atoms with Crippen LogP contribution in [0.15, 0.2) is 12.2 Å². The van der Waals surface area contributed by atoms with Crippen LogP contribution < -0.4 is 11.5 Å². The first-order valence-corrected chi connectivity index (χ1v) is 5.49. The Labute approximate surface area is 91.3 Å². The standard InChI is InChI=1S/C11H21N3O/c1-9(7-12)8-14-4-2-10(3-5-14)6-11(13)15/h10H,1-8,12H2,(H2,13,15). The Bertz CT molecular complexity index is 232. The van der Waals surface area contributed by atoms with Crippen LogP contribution in [-0.2, 0) is 4.79 Å². The average molecular weight is 211 g/mol. The largest absolute Gasteiger partial charge is 0.370 e. The van der Waals surface area contributed by atoms with E-state index in [9.17, 15) is 4.79 Å². The van der Waals surface area contributed by atoms with E-state index < -0.39 is 0 Å². The summed E-state index contributed by atoms with van der Waals surface area (Å²) in [5.41, 5.74) is 11.7. The molecule has 1 rings (SSSR count). The maximum atomic E-state index is 10.8. The van der Waals surface area contributed by atoms with Crippen molar-refractivity contribution < 1.29 is 4.79 Å². The van der Waals surface area contributed by atoms with E-state index in [0.29, 0.717) is 18.9 Å². The molecule has 0 bridgehead atoms. The van der Waals surface area contributed by atoms with E-state index in [2.05, 4.69) is 11.5 Å². The Kier molecular flexibility index (Phi) is 4.78. The summed E-state index contributed by atoms with van der Waals surface area (Å²) in [6.45, 7) is 7.39. The normalized spacial score (nSPS) is 19.0. The first-order valence-electron chi connectivity index (χ1n) is 5.49. The van der Waals surface area contributed by atoms with Gasteiger partial charge in [0.1, 0.15) is 0 Å². The Balaban J connectivity index is 2.23. The summed E-state index contributed by atoms with van der Waals surface area (Å²) in [7, 11) is 0. The second kappa shape index (κ2) is 5.88. The molecule has 0 unspecified atom stereocenters. The van der Waals surface area contributed by atoms with Crippen LogP contribution in [-0.4, -0.2) is 37.0 Å². The van der Waals surface area contributed by atoms with Crippen LogP contribution in [0.2, 0.25) is 0 Å². The van der Waals surface area contributed by atoms with Gasteiger partial charge < -0.3 is 11.5 Å².